The molecule has 0 spiro atoms. The van der Waals surface area contributed by atoms with Gasteiger partial charge in [-0.25, -0.2) is 0 Å². The topological polar surface area (TPSA) is 104 Å². The Morgan fingerprint density at radius 1 is 0.938 bits per heavy atom. The summed E-state index contributed by atoms with van der Waals surface area (Å²) in [7, 11) is 0. The molecular weight excluding hydrogens is 406 g/mol. The molecule has 0 atom stereocenters. The van der Waals surface area contributed by atoms with Gasteiger partial charge in [0.1, 0.15) is 17.2 Å². The lowest BCUT2D eigenvalue weighted by molar-refractivity contribution is -0.137. The van der Waals surface area contributed by atoms with Crippen molar-refractivity contribution in [2.75, 3.05) is 13.2 Å². The lowest BCUT2D eigenvalue weighted by atomic mass is 10.2. The zero-order chi connectivity index (χ0) is 23.0. The Bertz CT molecular complexity index is 904. The standard InChI is InChI=1S/C25H31N3O4/c1-2-3-4-7-16-31-22-14-15-23(28-27-21-12-10-20(19-26)11-13-21)24(18-22)32-17-8-5-6-9-25(29)30/h10-15,18H,2-9,16-17H2,1H3,(H,29,30). The van der Waals surface area contributed by atoms with Gasteiger partial charge in [-0.15, -0.1) is 5.11 Å². The molecule has 0 amide bonds. The van der Waals surface area contributed by atoms with Gasteiger partial charge in [0.05, 0.1) is 30.5 Å². The van der Waals surface area contributed by atoms with Crippen LogP contribution in [0.3, 0.4) is 0 Å². The maximum atomic E-state index is 10.6. The van der Waals surface area contributed by atoms with Crippen LogP contribution >= 0.6 is 0 Å². The molecule has 2 aromatic rings. The van der Waals surface area contributed by atoms with Crippen LogP contribution in [0, 0.1) is 11.3 Å². The molecule has 0 unspecified atom stereocenters. The van der Waals surface area contributed by atoms with Crippen LogP contribution in [0.5, 0.6) is 11.5 Å². The van der Waals surface area contributed by atoms with Gasteiger partial charge >= 0.3 is 5.97 Å². The van der Waals surface area contributed by atoms with Crippen LogP contribution in [0.25, 0.3) is 0 Å². The average molecular weight is 438 g/mol. The molecule has 0 aliphatic rings. The molecule has 0 radical (unpaired) electrons. The van der Waals surface area contributed by atoms with Crippen molar-refractivity contribution in [1.82, 2.24) is 0 Å². The molecule has 0 aromatic heterocycles. The molecule has 0 aliphatic carbocycles. The van der Waals surface area contributed by atoms with Gasteiger partial charge in [-0.1, -0.05) is 26.2 Å². The SMILES string of the molecule is CCCCCCOc1ccc(N=Nc2ccc(C#N)cc2)c(OCCCCCC(=O)O)c1. The zero-order valence-corrected chi connectivity index (χ0v) is 18.6. The van der Waals surface area contributed by atoms with Crippen molar-refractivity contribution in [3.8, 4) is 17.6 Å². The molecule has 0 heterocycles. The first kappa shape index (κ1) is 24.9. The third kappa shape index (κ3) is 9.61. The number of unbranched alkanes of at least 4 members (excludes halogenated alkanes) is 5. The summed E-state index contributed by atoms with van der Waals surface area (Å²) in [5.74, 6) is 0.520. The number of carboxylic acids is 1. The zero-order valence-electron chi connectivity index (χ0n) is 18.6. The van der Waals surface area contributed by atoms with E-state index >= 15 is 0 Å². The van der Waals surface area contributed by atoms with Crippen molar-refractivity contribution < 1.29 is 19.4 Å². The van der Waals surface area contributed by atoms with Crippen LogP contribution in [-0.4, -0.2) is 24.3 Å². The normalized spacial score (nSPS) is 10.8. The van der Waals surface area contributed by atoms with Crippen molar-refractivity contribution >= 4 is 17.3 Å². The number of azo groups is 1. The van der Waals surface area contributed by atoms with Crippen LogP contribution in [0.4, 0.5) is 11.4 Å². The summed E-state index contributed by atoms with van der Waals surface area (Å²) in [6.07, 6.45) is 6.87. The number of nitriles is 1. The molecule has 0 fully saturated rings. The van der Waals surface area contributed by atoms with Crippen molar-refractivity contribution in [2.45, 2.75) is 58.3 Å². The summed E-state index contributed by atoms with van der Waals surface area (Å²) < 4.78 is 11.8. The minimum absolute atomic E-state index is 0.172. The van der Waals surface area contributed by atoms with Crippen LogP contribution in [0.1, 0.15) is 63.9 Å². The Hall–Kier alpha value is -3.40. The Balaban J connectivity index is 2.02. The number of aliphatic carboxylic acids is 1. The molecular formula is C25H31N3O4. The second kappa shape index (κ2) is 14.6. The van der Waals surface area contributed by atoms with E-state index in [-0.39, 0.29) is 6.42 Å². The third-order valence-corrected chi connectivity index (χ3v) is 4.76. The molecule has 0 saturated carbocycles. The Labute approximate surface area is 189 Å². The first-order chi connectivity index (χ1) is 15.6. The predicted octanol–water partition coefficient (Wildman–Crippen LogP) is 6.96. The number of ether oxygens (including phenoxy) is 2. The highest BCUT2D eigenvalue weighted by atomic mass is 16.5. The Kier molecular flexibility index (Phi) is 11.3. The molecule has 0 bridgehead atoms. The second-order valence-electron chi connectivity index (χ2n) is 7.45. The number of hydrogen-bond donors (Lipinski definition) is 1. The molecule has 0 saturated heterocycles. The molecule has 0 aliphatic heterocycles. The summed E-state index contributed by atoms with van der Waals surface area (Å²) in [6.45, 7) is 3.29. The van der Waals surface area contributed by atoms with Gasteiger partial charge in [0, 0.05) is 12.5 Å². The fourth-order valence-electron chi connectivity index (χ4n) is 2.95. The first-order valence-corrected chi connectivity index (χ1v) is 11.2. The molecule has 2 aromatic carbocycles. The van der Waals surface area contributed by atoms with E-state index in [2.05, 4.69) is 23.2 Å². The lowest BCUT2D eigenvalue weighted by Gasteiger charge is -2.11. The number of carboxylic acid groups (broad SMARTS) is 1. The van der Waals surface area contributed by atoms with Crippen molar-refractivity contribution in [3.63, 3.8) is 0 Å². The minimum atomic E-state index is -0.778. The monoisotopic (exact) mass is 437 g/mol. The van der Waals surface area contributed by atoms with Crippen LogP contribution < -0.4 is 9.47 Å². The number of carbonyl (C=O) groups is 1. The van der Waals surface area contributed by atoms with E-state index in [1.807, 2.05) is 18.2 Å². The van der Waals surface area contributed by atoms with E-state index in [0.29, 0.717) is 42.3 Å². The molecule has 170 valence electrons. The van der Waals surface area contributed by atoms with E-state index in [4.69, 9.17) is 19.8 Å². The highest BCUT2D eigenvalue weighted by Crippen LogP contribution is 2.33. The van der Waals surface area contributed by atoms with Gasteiger partial charge in [-0.3, -0.25) is 4.79 Å². The fraction of sp³-hybridized carbons (Fsp3) is 0.440. The van der Waals surface area contributed by atoms with Gasteiger partial charge < -0.3 is 14.6 Å². The van der Waals surface area contributed by atoms with Crippen LogP contribution in [0.15, 0.2) is 52.7 Å². The van der Waals surface area contributed by atoms with E-state index in [0.717, 1.165) is 31.4 Å². The molecule has 7 heteroatoms. The fourth-order valence-corrected chi connectivity index (χ4v) is 2.95. The maximum Gasteiger partial charge on any atom is 0.303 e. The number of rotatable bonds is 15. The Morgan fingerprint density at radius 2 is 1.66 bits per heavy atom. The van der Waals surface area contributed by atoms with Gasteiger partial charge in [-0.05, 0) is 62.1 Å². The maximum absolute atomic E-state index is 10.6. The smallest absolute Gasteiger partial charge is 0.303 e. The minimum Gasteiger partial charge on any atom is -0.493 e. The largest absolute Gasteiger partial charge is 0.493 e. The van der Waals surface area contributed by atoms with E-state index < -0.39 is 5.97 Å². The molecule has 1 N–H and O–H groups in total. The first-order valence-electron chi connectivity index (χ1n) is 11.2. The van der Waals surface area contributed by atoms with Gasteiger partial charge in [-0.2, -0.15) is 10.4 Å². The summed E-state index contributed by atoms with van der Waals surface area (Å²) in [4.78, 5) is 10.6. The summed E-state index contributed by atoms with van der Waals surface area (Å²) >= 11 is 0. The van der Waals surface area contributed by atoms with Crippen molar-refractivity contribution in [3.05, 3.63) is 48.0 Å². The second-order valence-corrected chi connectivity index (χ2v) is 7.45. The summed E-state index contributed by atoms with van der Waals surface area (Å²) in [5.41, 5.74) is 1.79. The van der Waals surface area contributed by atoms with Gasteiger partial charge in [0.2, 0.25) is 0 Å². The number of nitrogens with zero attached hydrogens (tertiary/aromatic N) is 3. The third-order valence-electron chi connectivity index (χ3n) is 4.76. The summed E-state index contributed by atoms with van der Waals surface area (Å²) in [6, 6.07) is 14.4. The van der Waals surface area contributed by atoms with Crippen molar-refractivity contribution in [1.29, 1.82) is 5.26 Å². The average Bonchev–Trinajstić information content (AvgIpc) is 2.80. The van der Waals surface area contributed by atoms with Gasteiger partial charge in [0.15, 0.2) is 0 Å². The highest BCUT2D eigenvalue weighted by Gasteiger charge is 2.07. The Morgan fingerprint density at radius 3 is 2.34 bits per heavy atom. The molecule has 2 rings (SSSR count). The molecule has 32 heavy (non-hydrogen) atoms. The predicted molar refractivity (Wildman–Crippen MR) is 123 cm³/mol. The number of benzene rings is 2. The lowest BCUT2D eigenvalue weighted by Crippen LogP contribution is -2.01. The summed E-state index contributed by atoms with van der Waals surface area (Å²) in [5, 5.41) is 26.2. The quantitative estimate of drug-likeness (QED) is 0.240. The van der Waals surface area contributed by atoms with E-state index in [1.54, 1.807) is 24.3 Å². The van der Waals surface area contributed by atoms with Crippen molar-refractivity contribution in [2.24, 2.45) is 10.2 Å². The van der Waals surface area contributed by atoms with E-state index in [1.165, 1.54) is 12.8 Å². The highest BCUT2D eigenvalue weighted by molar-refractivity contribution is 5.66. The van der Waals surface area contributed by atoms with Gasteiger partial charge in [0.25, 0.3) is 0 Å². The van der Waals surface area contributed by atoms with E-state index in [9.17, 15) is 4.79 Å². The van der Waals surface area contributed by atoms with Crippen LogP contribution in [0.2, 0.25) is 0 Å². The molecule has 7 nitrogen and oxygen atoms in total. The van der Waals surface area contributed by atoms with Crippen LogP contribution in [-0.2, 0) is 4.79 Å². The number of hydrogen-bond acceptors (Lipinski definition) is 6.